The predicted octanol–water partition coefficient (Wildman–Crippen LogP) is 4.07. The van der Waals surface area contributed by atoms with Gasteiger partial charge in [0.1, 0.15) is 0 Å². The van der Waals surface area contributed by atoms with Crippen LogP contribution < -0.4 is 0 Å². The van der Waals surface area contributed by atoms with Crippen LogP contribution in [0.3, 0.4) is 0 Å². The van der Waals surface area contributed by atoms with Gasteiger partial charge in [0, 0.05) is 41.6 Å². The van der Waals surface area contributed by atoms with Crippen molar-refractivity contribution in [3.63, 3.8) is 0 Å². The number of imidazole rings is 1. The van der Waals surface area contributed by atoms with Gasteiger partial charge in [-0.3, -0.25) is 0 Å². The maximum absolute atomic E-state index is 13.1. The van der Waals surface area contributed by atoms with Gasteiger partial charge in [-0.1, -0.05) is 35.9 Å². The van der Waals surface area contributed by atoms with Crippen LogP contribution in [0.15, 0.2) is 72.0 Å². The summed E-state index contributed by atoms with van der Waals surface area (Å²) in [4.78, 5) is 4.62. The van der Waals surface area contributed by atoms with E-state index in [-0.39, 0.29) is 4.90 Å². The Hall–Kier alpha value is -2.86. The third-order valence-electron chi connectivity index (χ3n) is 4.56. The second kappa shape index (κ2) is 6.14. The normalized spacial score (nSPS) is 11.9. The Balaban J connectivity index is 1.93. The minimum absolute atomic E-state index is 0.251. The zero-order chi connectivity index (χ0) is 18.3. The van der Waals surface area contributed by atoms with Crippen molar-refractivity contribution in [2.75, 3.05) is 0 Å². The number of aromatic nitrogens is 3. The molecule has 6 heteroatoms. The van der Waals surface area contributed by atoms with Gasteiger partial charge in [0.05, 0.1) is 4.90 Å². The molecule has 0 atom stereocenters. The summed E-state index contributed by atoms with van der Waals surface area (Å²) in [6, 6.07) is 14.8. The van der Waals surface area contributed by atoms with E-state index in [9.17, 15) is 8.42 Å². The van der Waals surface area contributed by atoms with Crippen LogP contribution in [0.1, 0.15) is 12.5 Å². The lowest BCUT2D eigenvalue weighted by Crippen LogP contribution is -2.13. The Labute approximate surface area is 152 Å². The molecule has 5 nitrogen and oxygen atoms in total. The van der Waals surface area contributed by atoms with E-state index < -0.39 is 10.0 Å². The van der Waals surface area contributed by atoms with E-state index in [1.54, 1.807) is 24.3 Å². The van der Waals surface area contributed by atoms with Gasteiger partial charge in [0.2, 0.25) is 0 Å². The quantitative estimate of drug-likeness (QED) is 0.548. The molecule has 0 amide bonds. The fourth-order valence-corrected chi connectivity index (χ4v) is 4.48. The first-order valence-corrected chi connectivity index (χ1v) is 9.90. The second-order valence-electron chi connectivity index (χ2n) is 6.21. The maximum Gasteiger partial charge on any atom is 0.269 e. The molecule has 0 bridgehead atoms. The largest absolute Gasteiger partial charge is 0.347 e. The van der Waals surface area contributed by atoms with Crippen molar-refractivity contribution >= 4 is 20.9 Å². The molecule has 4 aromatic rings. The summed E-state index contributed by atoms with van der Waals surface area (Å²) in [5.41, 5.74) is 2.89. The summed E-state index contributed by atoms with van der Waals surface area (Å²) < 4.78 is 29.6. The minimum Gasteiger partial charge on any atom is -0.347 e. The molecule has 132 valence electrons. The number of nitrogens with zero attached hydrogens (tertiary/aromatic N) is 3. The van der Waals surface area contributed by atoms with Crippen molar-refractivity contribution in [2.45, 2.75) is 25.3 Å². The first-order chi connectivity index (χ1) is 12.5. The molecule has 0 saturated heterocycles. The van der Waals surface area contributed by atoms with E-state index >= 15 is 0 Å². The molecular formula is C20H19N3O2S. The van der Waals surface area contributed by atoms with Crippen molar-refractivity contribution < 1.29 is 8.42 Å². The smallest absolute Gasteiger partial charge is 0.269 e. The molecule has 2 aromatic heterocycles. The first-order valence-electron chi connectivity index (χ1n) is 8.46. The van der Waals surface area contributed by atoms with Crippen LogP contribution in [-0.2, 0) is 16.6 Å². The molecule has 0 spiro atoms. The third-order valence-corrected chi connectivity index (χ3v) is 6.24. The summed E-state index contributed by atoms with van der Waals surface area (Å²) in [5.74, 6) is 0.425. The van der Waals surface area contributed by atoms with E-state index in [2.05, 4.69) is 16.5 Å². The van der Waals surface area contributed by atoms with Crippen LogP contribution in [0.4, 0.5) is 0 Å². The number of aryl methyl sites for hydroxylation is 2. The summed E-state index contributed by atoms with van der Waals surface area (Å²) >= 11 is 0. The standard InChI is InChI=1S/C20H19N3O2S/c1-3-22-14-18(17-6-4-5-7-19(17)22)20-21-12-13-23(20)26(24,25)16-10-8-15(2)9-11-16/h4-14H,3H2,1-2H3. The van der Waals surface area contributed by atoms with Crippen LogP contribution in [0.5, 0.6) is 0 Å². The summed E-state index contributed by atoms with van der Waals surface area (Å²) in [7, 11) is -3.71. The van der Waals surface area contributed by atoms with Gasteiger partial charge >= 0.3 is 0 Å². The Morgan fingerprint density at radius 3 is 2.50 bits per heavy atom. The Morgan fingerprint density at radius 2 is 1.77 bits per heavy atom. The number of benzene rings is 2. The van der Waals surface area contributed by atoms with Gasteiger partial charge in [0.15, 0.2) is 5.82 Å². The molecule has 0 aliphatic carbocycles. The number of hydrogen-bond donors (Lipinski definition) is 0. The highest BCUT2D eigenvalue weighted by Gasteiger charge is 2.23. The zero-order valence-electron chi connectivity index (χ0n) is 14.6. The number of rotatable bonds is 4. The summed E-state index contributed by atoms with van der Waals surface area (Å²) in [5, 5.41) is 0.987. The van der Waals surface area contributed by atoms with E-state index in [4.69, 9.17) is 0 Å². The Morgan fingerprint density at radius 1 is 1.04 bits per heavy atom. The molecule has 0 N–H and O–H groups in total. The van der Waals surface area contributed by atoms with Crippen molar-refractivity contribution in [1.82, 2.24) is 13.5 Å². The van der Waals surface area contributed by atoms with Crippen molar-refractivity contribution in [1.29, 1.82) is 0 Å². The van der Waals surface area contributed by atoms with Gasteiger partial charge in [-0.25, -0.2) is 17.4 Å². The molecule has 0 unspecified atom stereocenters. The van der Waals surface area contributed by atoms with Gasteiger partial charge < -0.3 is 4.57 Å². The van der Waals surface area contributed by atoms with Gasteiger partial charge in [-0.2, -0.15) is 0 Å². The SMILES string of the molecule is CCn1cc(-c2nccn2S(=O)(=O)c2ccc(C)cc2)c2ccccc21. The maximum atomic E-state index is 13.1. The predicted molar refractivity (Wildman–Crippen MR) is 103 cm³/mol. The van der Waals surface area contributed by atoms with Crippen LogP contribution in [0.2, 0.25) is 0 Å². The van der Waals surface area contributed by atoms with Crippen molar-refractivity contribution in [3.05, 3.63) is 72.7 Å². The lowest BCUT2D eigenvalue weighted by molar-refractivity contribution is 0.588. The zero-order valence-corrected chi connectivity index (χ0v) is 15.4. The molecule has 0 aliphatic rings. The van der Waals surface area contributed by atoms with Gasteiger partial charge in [-0.15, -0.1) is 0 Å². The summed E-state index contributed by atoms with van der Waals surface area (Å²) in [6.45, 7) is 4.79. The average molecular weight is 365 g/mol. The van der Waals surface area contributed by atoms with E-state index in [0.717, 1.165) is 28.6 Å². The number of para-hydroxylation sites is 1. The highest BCUT2D eigenvalue weighted by Crippen LogP contribution is 2.31. The fourth-order valence-electron chi connectivity index (χ4n) is 3.18. The molecule has 2 aromatic carbocycles. The molecule has 0 fully saturated rings. The molecule has 2 heterocycles. The van der Waals surface area contributed by atoms with Crippen molar-refractivity contribution in [3.8, 4) is 11.4 Å². The Bertz CT molecular complexity index is 1190. The lowest BCUT2D eigenvalue weighted by Gasteiger charge is -2.09. The van der Waals surface area contributed by atoms with E-state index in [1.807, 2.05) is 37.4 Å². The van der Waals surface area contributed by atoms with E-state index in [0.29, 0.717) is 5.82 Å². The molecule has 0 radical (unpaired) electrons. The minimum atomic E-state index is -3.71. The lowest BCUT2D eigenvalue weighted by atomic mass is 10.2. The first kappa shape index (κ1) is 16.6. The molecule has 4 rings (SSSR count). The van der Waals surface area contributed by atoms with Crippen LogP contribution >= 0.6 is 0 Å². The van der Waals surface area contributed by atoms with Crippen LogP contribution in [0, 0.1) is 6.92 Å². The second-order valence-corrected chi connectivity index (χ2v) is 8.03. The van der Waals surface area contributed by atoms with Gasteiger partial charge in [-0.05, 0) is 32.0 Å². The summed E-state index contributed by atoms with van der Waals surface area (Å²) in [6.07, 6.45) is 5.00. The van der Waals surface area contributed by atoms with Crippen LogP contribution in [0.25, 0.3) is 22.3 Å². The Kier molecular flexibility index (Phi) is 3.92. The number of hydrogen-bond acceptors (Lipinski definition) is 3. The molecule has 26 heavy (non-hydrogen) atoms. The van der Waals surface area contributed by atoms with Gasteiger partial charge in [0.25, 0.3) is 10.0 Å². The monoisotopic (exact) mass is 365 g/mol. The molecule has 0 aliphatic heterocycles. The molecular weight excluding hydrogens is 346 g/mol. The highest BCUT2D eigenvalue weighted by molar-refractivity contribution is 7.90. The molecule has 0 saturated carbocycles. The average Bonchev–Trinajstić information content (AvgIpc) is 3.27. The van der Waals surface area contributed by atoms with Crippen LogP contribution in [-0.4, -0.2) is 21.9 Å². The highest BCUT2D eigenvalue weighted by atomic mass is 32.2. The third kappa shape index (κ3) is 2.54. The fraction of sp³-hybridized carbons (Fsp3) is 0.150. The van der Waals surface area contributed by atoms with E-state index in [1.165, 1.54) is 16.4 Å². The van der Waals surface area contributed by atoms with Crippen molar-refractivity contribution in [2.24, 2.45) is 0 Å². The topological polar surface area (TPSA) is 56.9 Å². The number of fused-ring (bicyclic) bond motifs is 1.